The van der Waals surface area contributed by atoms with Crippen LogP contribution in [0.2, 0.25) is 0 Å². The van der Waals surface area contributed by atoms with Crippen LogP contribution >= 0.6 is 0 Å². The minimum atomic E-state index is 0.183. The van der Waals surface area contributed by atoms with E-state index < -0.39 is 0 Å². The number of nitrogens with zero attached hydrogens (tertiary/aromatic N) is 3. The first-order valence-electron chi connectivity index (χ1n) is 6.79. The lowest BCUT2D eigenvalue weighted by atomic mass is 10.2. The summed E-state index contributed by atoms with van der Waals surface area (Å²) >= 11 is 0. The Balaban J connectivity index is 1.95. The number of ketones is 1. The Bertz CT molecular complexity index is 380. The predicted molar refractivity (Wildman–Crippen MR) is 70.8 cm³/mol. The van der Waals surface area contributed by atoms with Crippen molar-refractivity contribution in [3.63, 3.8) is 0 Å². The lowest BCUT2D eigenvalue weighted by molar-refractivity contribution is 0.0924. The van der Waals surface area contributed by atoms with Gasteiger partial charge in [-0.05, 0) is 32.0 Å². The number of hydrogen-bond acceptors (Lipinski definition) is 4. The molecule has 1 aromatic heterocycles. The van der Waals surface area contributed by atoms with Crippen molar-refractivity contribution in [1.29, 1.82) is 0 Å². The monoisotopic (exact) mass is 250 g/mol. The second-order valence-corrected chi connectivity index (χ2v) is 4.74. The maximum Gasteiger partial charge on any atom is 0.194 e. The highest BCUT2D eigenvalue weighted by Crippen LogP contribution is 2.04. The first-order chi connectivity index (χ1) is 8.81. The molecule has 5 nitrogen and oxygen atoms in total. The van der Waals surface area contributed by atoms with E-state index in [2.05, 4.69) is 22.2 Å². The molecule has 0 aliphatic carbocycles. The maximum atomic E-state index is 12.3. The van der Waals surface area contributed by atoms with Gasteiger partial charge in [0.25, 0.3) is 0 Å². The van der Waals surface area contributed by atoms with Crippen LogP contribution in [-0.2, 0) is 6.54 Å². The number of carbonyl (C=O) groups excluding carboxylic acids is 1. The van der Waals surface area contributed by atoms with E-state index in [-0.39, 0.29) is 5.78 Å². The Morgan fingerprint density at radius 2 is 2.33 bits per heavy atom. The zero-order valence-corrected chi connectivity index (χ0v) is 11.1. The fourth-order valence-corrected chi connectivity index (χ4v) is 2.30. The lowest BCUT2D eigenvalue weighted by Crippen LogP contribution is -2.33. The van der Waals surface area contributed by atoms with Crippen molar-refractivity contribution in [3.05, 3.63) is 18.0 Å². The number of nitrogens with one attached hydrogen (secondary N) is 1. The molecule has 0 spiro atoms. The number of aryl methyl sites for hydroxylation is 1. The molecule has 1 aromatic rings. The minimum Gasteiger partial charge on any atom is -0.315 e. The first kappa shape index (κ1) is 13.2. The Morgan fingerprint density at radius 3 is 3.17 bits per heavy atom. The zero-order valence-electron chi connectivity index (χ0n) is 11.1. The quantitative estimate of drug-likeness (QED) is 0.784. The molecule has 0 atom stereocenters. The third kappa shape index (κ3) is 3.40. The molecule has 2 heterocycles. The molecule has 18 heavy (non-hydrogen) atoms. The summed E-state index contributed by atoms with van der Waals surface area (Å²) in [5.41, 5.74) is 0.744. The molecule has 100 valence electrons. The van der Waals surface area contributed by atoms with Gasteiger partial charge in [-0.15, -0.1) is 0 Å². The molecule has 2 rings (SSSR count). The van der Waals surface area contributed by atoms with Gasteiger partial charge < -0.3 is 5.32 Å². The fraction of sp³-hybridized carbons (Fsp3) is 0.692. The summed E-state index contributed by atoms with van der Waals surface area (Å²) in [6, 6.07) is 1.83. The molecular weight excluding hydrogens is 228 g/mol. The molecule has 1 N–H and O–H groups in total. The van der Waals surface area contributed by atoms with Crippen LogP contribution in [0.4, 0.5) is 0 Å². The minimum absolute atomic E-state index is 0.183. The number of Topliss-reactive ketones (excluding diaryl/α,β-unsaturated/α-hetero) is 1. The molecule has 0 amide bonds. The smallest absolute Gasteiger partial charge is 0.194 e. The predicted octanol–water partition coefficient (Wildman–Crippen LogP) is 0.771. The molecule has 0 radical (unpaired) electrons. The highest BCUT2D eigenvalue weighted by molar-refractivity contribution is 5.96. The van der Waals surface area contributed by atoms with E-state index in [0.29, 0.717) is 6.54 Å². The van der Waals surface area contributed by atoms with Gasteiger partial charge in [0.05, 0.1) is 6.54 Å². The summed E-state index contributed by atoms with van der Waals surface area (Å²) < 4.78 is 1.82. The van der Waals surface area contributed by atoms with E-state index in [9.17, 15) is 4.79 Å². The van der Waals surface area contributed by atoms with Crippen molar-refractivity contribution >= 4 is 5.78 Å². The maximum absolute atomic E-state index is 12.3. The molecular formula is C13H22N4O. The van der Waals surface area contributed by atoms with Gasteiger partial charge in [-0.1, -0.05) is 6.92 Å². The summed E-state index contributed by atoms with van der Waals surface area (Å²) in [7, 11) is 0. The van der Waals surface area contributed by atoms with Gasteiger partial charge in [0.1, 0.15) is 5.69 Å². The van der Waals surface area contributed by atoms with Crippen LogP contribution in [-0.4, -0.2) is 53.2 Å². The third-order valence-electron chi connectivity index (χ3n) is 3.24. The van der Waals surface area contributed by atoms with Gasteiger partial charge in [-0.25, -0.2) is 0 Å². The Morgan fingerprint density at radius 1 is 1.44 bits per heavy atom. The van der Waals surface area contributed by atoms with Crippen LogP contribution < -0.4 is 5.32 Å². The topological polar surface area (TPSA) is 50.2 Å². The molecule has 1 aliphatic rings. The van der Waals surface area contributed by atoms with E-state index in [1.165, 1.54) is 0 Å². The van der Waals surface area contributed by atoms with Crippen molar-refractivity contribution < 1.29 is 4.79 Å². The number of carbonyl (C=O) groups is 1. The second-order valence-electron chi connectivity index (χ2n) is 4.74. The lowest BCUT2D eigenvalue weighted by Gasteiger charge is -2.18. The molecule has 0 aromatic carbocycles. The summed E-state index contributed by atoms with van der Waals surface area (Å²) in [5.74, 6) is 0.183. The zero-order chi connectivity index (χ0) is 12.8. The van der Waals surface area contributed by atoms with Crippen LogP contribution in [0.25, 0.3) is 0 Å². The molecule has 1 saturated heterocycles. The van der Waals surface area contributed by atoms with E-state index in [1.54, 1.807) is 6.20 Å². The summed E-state index contributed by atoms with van der Waals surface area (Å²) in [6.45, 7) is 7.40. The van der Waals surface area contributed by atoms with Crippen LogP contribution in [0.3, 0.4) is 0 Å². The Hall–Kier alpha value is -1.20. The first-order valence-corrected chi connectivity index (χ1v) is 6.79. The van der Waals surface area contributed by atoms with Crippen LogP contribution in [0.5, 0.6) is 0 Å². The number of hydrogen-bond donors (Lipinski definition) is 1. The Kier molecular flexibility index (Phi) is 4.90. The molecule has 1 aliphatic heterocycles. The Labute approximate surface area is 108 Å². The average molecular weight is 250 g/mol. The highest BCUT2D eigenvalue weighted by Gasteiger charge is 2.16. The van der Waals surface area contributed by atoms with Crippen LogP contribution in [0.15, 0.2) is 12.3 Å². The molecule has 0 unspecified atom stereocenters. The molecule has 0 bridgehead atoms. The van der Waals surface area contributed by atoms with Gasteiger partial charge >= 0.3 is 0 Å². The van der Waals surface area contributed by atoms with Crippen molar-refractivity contribution in [3.8, 4) is 0 Å². The standard InChI is InChI=1S/C13H22N4O/c1-2-8-17-12(4-6-15-17)13(18)11-16-9-3-5-14-7-10-16/h4,6,14H,2-3,5,7-11H2,1H3. The van der Waals surface area contributed by atoms with Gasteiger partial charge in [0.2, 0.25) is 0 Å². The molecule has 1 fully saturated rings. The summed E-state index contributed by atoms with van der Waals surface area (Å²) in [4.78, 5) is 14.5. The van der Waals surface area contributed by atoms with Gasteiger partial charge in [-0.3, -0.25) is 14.4 Å². The van der Waals surface area contributed by atoms with Gasteiger partial charge in [-0.2, -0.15) is 5.10 Å². The van der Waals surface area contributed by atoms with Crippen molar-refractivity contribution in [2.24, 2.45) is 0 Å². The van der Waals surface area contributed by atoms with E-state index >= 15 is 0 Å². The third-order valence-corrected chi connectivity index (χ3v) is 3.24. The van der Waals surface area contributed by atoms with Gasteiger partial charge in [0, 0.05) is 25.8 Å². The average Bonchev–Trinajstić information content (AvgIpc) is 2.67. The number of aromatic nitrogens is 2. The fourth-order valence-electron chi connectivity index (χ4n) is 2.30. The summed E-state index contributed by atoms with van der Waals surface area (Å²) in [6.07, 6.45) is 3.82. The van der Waals surface area contributed by atoms with Crippen molar-refractivity contribution in [1.82, 2.24) is 20.0 Å². The highest BCUT2D eigenvalue weighted by atomic mass is 16.1. The summed E-state index contributed by atoms with van der Waals surface area (Å²) in [5, 5.41) is 7.55. The SMILES string of the molecule is CCCn1nccc1C(=O)CN1CCCNCC1. The molecule has 0 saturated carbocycles. The van der Waals surface area contributed by atoms with Gasteiger partial charge in [0.15, 0.2) is 5.78 Å². The largest absolute Gasteiger partial charge is 0.315 e. The van der Waals surface area contributed by atoms with E-state index in [4.69, 9.17) is 0 Å². The van der Waals surface area contributed by atoms with Crippen molar-refractivity contribution in [2.45, 2.75) is 26.3 Å². The van der Waals surface area contributed by atoms with Crippen LogP contribution in [0.1, 0.15) is 30.3 Å². The normalized spacial score (nSPS) is 17.6. The number of rotatable bonds is 5. The van der Waals surface area contributed by atoms with E-state index in [0.717, 1.165) is 51.3 Å². The van der Waals surface area contributed by atoms with Crippen LogP contribution in [0, 0.1) is 0 Å². The van der Waals surface area contributed by atoms with Crippen molar-refractivity contribution in [2.75, 3.05) is 32.7 Å². The second kappa shape index (κ2) is 6.66. The van der Waals surface area contributed by atoms with E-state index in [1.807, 2.05) is 10.7 Å². The molecule has 5 heteroatoms.